The minimum absolute atomic E-state index is 0.0202. The number of rotatable bonds is 4. The van der Waals surface area contributed by atoms with E-state index in [1.165, 1.54) is 0 Å². The molecule has 4 aromatic rings. The number of H-pyrrole nitrogens is 1. The summed E-state index contributed by atoms with van der Waals surface area (Å²) in [5.41, 5.74) is 5.47. The molecule has 4 heterocycles. The summed E-state index contributed by atoms with van der Waals surface area (Å²) in [6.07, 6.45) is 2.76. The van der Waals surface area contributed by atoms with Crippen molar-refractivity contribution in [3.8, 4) is 0 Å². The Morgan fingerprint density at radius 2 is 1.94 bits per heavy atom. The highest BCUT2D eigenvalue weighted by atomic mass is 35.5. The number of nitrogens with one attached hydrogen (secondary N) is 2. The molecule has 0 spiro atoms. The Labute approximate surface area is 209 Å². The van der Waals surface area contributed by atoms with Gasteiger partial charge in [-0.3, -0.25) is 14.7 Å². The van der Waals surface area contributed by atoms with Gasteiger partial charge in [0.15, 0.2) is 0 Å². The highest BCUT2D eigenvalue weighted by Gasteiger charge is 2.28. The summed E-state index contributed by atoms with van der Waals surface area (Å²) in [6.45, 7) is 4.20. The van der Waals surface area contributed by atoms with Crippen LogP contribution < -0.4 is 5.32 Å². The zero-order valence-electron chi connectivity index (χ0n) is 19.9. The largest absolute Gasteiger partial charge is 0.349 e. The molecule has 1 fully saturated rings. The second-order valence-corrected chi connectivity index (χ2v) is 10.2. The fraction of sp³-hybridized carbons (Fsp3) is 0.370. The minimum atomic E-state index is 0.0202. The van der Waals surface area contributed by atoms with Gasteiger partial charge in [-0.25, -0.2) is 4.98 Å². The molecule has 2 aromatic carbocycles. The molecule has 2 aliphatic rings. The third kappa shape index (κ3) is 4.40. The van der Waals surface area contributed by atoms with Crippen LogP contribution in [0.3, 0.4) is 0 Å². The Morgan fingerprint density at radius 3 is 2.77 bits per heavy atom. The predicted molar refractivity (Wildman–Crippen MR) is 139 cm³/mol. The number of likely N-dealkylation sites (tertiary alicyclic amines) is 1. The van der Waals surface area contributed by atoms with E-state index in [1.807, 2.05) is 42.5 Å². The number of carbonyl (C=O) groups excluding carboxylic acids is 1. The number of fused-ring (bicyclic) bond motifs is 3. The third-order valence-electron chi connectivity index (χ3n) is 7.29. The lowest BCUT2D eigenvalue weighted by Crippen LogP contribution is -2.44. The van der Waals surface area contributed by atoms with E-state index in [1.54, 1.807) is 0 Å². The first-order valence-corrected chi connectivity index (χ1v) is 12.7. The maximum absolute atomic E-state index is 13.7. The van der Waals surface area contributed by atoms with Crippen LogP contribution in [0, 0.1) is 0 Å². The fourth-order valence-corrected chi connectivity index (χ4v) is 5.60. The van der Waals surface area contributed by atoms with Crippen LogP contribution in [0.1, 0.15) is 40.3 Å². The van der Waals surface area contributed by atoms with Crippen molar-refractivity contribution in [2.24, 2.45) is 0 Å². The minimum Gasteiger partial charge on any atom is -0.349 e. The Bertz CT molecular complexity index is 1410. The quantitative estimate of drug-likeness (QED) is 0.451. The van der Waals surface area contributed by atoms with E-state index in [0.29, 0.717) is 18.1 Å². The molecule has 0 radical (unpaired) electrons. The standard InChI is InChI=1S/C27H29ClN6O/c1-33-12-9-17(10-13-33)29-27(35)25-18-5-2-3-7-21(18)30-22-11-14-34(15-19(22)25)16-24-31-23-8-4-6-20(28)26(23)32-24/h2-8,17H,9-16H2,1H3,(H,29,35)(H,31,32). The van der Waals surface area contributed by atoms with Crippen LogP contribution in [0.5, 0.6) is 0 Å². The normalized spacial score (nSPS) is 17.7. The number of hydrogen-bond donors (Lipinski definition) is 2. The lowest BCUT2D eigenvalue weighted by Gasteiger charge is -2.31. The molecule has 2 aromatic heterocycles. The van der Waals surface area contributed by atoms with E-state index in [4.69, 9.17) is 21.6 Å². The van der Waals surface area contributed by atoms with Gasteiger partial charge in [-0.1, -0.05) is 35.9 Å². The van der Waals surface area contributed by atoms with Crippen molar-refractivity contribution in [3.05, 3.63) is 70.1 Å². The summed E-state index contributed by atoms with van der Waals surface area (Å²) in [6, 6.07) is 14.0. The molecule has 0 unspecified atom stereocenters. The molecule has 1 saturated heterocycles. The highest BCUT2D eigenvalue weighted by molar-refractivity contribution is 6.34. The number of nitrogens with zero attached hydrogens (tertiary/aromatic N) is 4. The smallest absolute Gasteiger partial charge is 0.252 e. The Balaban J connectivity index is 1.31. The first-order chi connectivity index (χ1) is 17.0. The SMILES string of the molecule is CN1CCC(NC(=O)c2c3c(nc4ccccc24)CCN(Cc2nc4c(Cl)cccc4[nH]2)C3)CC1. The maximum Gasteiger partial charge on any atom is 0.252 e. The monoisotopic (exact) mass is 488 g/mol. The van der Waals surface area contributed by atoms with Crippen molar-refractivity contribution in [2.75, 3.05) is 26.7 Å². The molecular formula is C27H29ClN6O. The van der Waals surface area contributed by atoms with Crippen molar-refractivity contribution in [3.63, 3.8) is 0 Å². The number of aromatic amines is 1. The average molecular weight is 489 g/mol. The lowest BCUT2D eigenvalue weighted by molar-refractivity contribution is 0.0915. The molecule has 6 rings (SSSR count). The molecule has 0 aliphatic carbocycles. The molecule has 0 saturated carbocycles. The number of piperidine rings is 1. The number of para-hydroxylation sites is 2. The first-order valence-electron chi connectivity index (χ1n) is 12.3. The van der Waals surface area contributed by atoms with Crippen molar-refractivity contribution >= 4 is 39.4 Å². The van der Waals surface area contributed by atoms with E-state index >= 15 is 0 Å². The number of amides is 1. The van der Waals surface area contributed by atoms with Gasteiger partial charge in [-0.15, -0.1) is 0 Å². The second-order valence-electron chi connectivity index (χ2n) is 9.76. The van der Waals surface area contributed by atoms with Crippen LogP contribution in [0.25, 0.3) is 21.9 Å². The van der Waals surface area contributed by atoms with Crippen molar-refractivity contribution in [1.29, 1.82) is 0 Å². The van der Waals surface area contributed by atoms with Gasteiger partial charge in [-0.2, -0.15) is 0 Å². The molecule has 2 aliphatic heterocycles. The van der Waals surface area contributed by atoms with Gasteiger partial charge in [0.25, 0.3) is 5.91 Å². The van der Waals surface area contributed by atoms with Crippen LogP contribution in [0.2, 0.25) is 5.02 Å². The zero-order valence-corrected chi connectivity index (χ0v) is 20.6. The van der Waals surface area contributed by atoms with Crippen LogP contribution in [-0.2, 0) is 19.5 Å². The third-order valence-corrected chi connectivity index (χ3v) is 7.60. The molecule has 0 bridgehead atoms. The van der Waals surface area contributed by atoms with Crippen LogP contribution in [0.4, 0.5) is 0 Å². The number of imidazole rings is 1. The number of hydrogen-bond acceptors (Lipinski definition) is 5. The summed E-state index contributed by atoms with van der Waals surface area (Å²) >= 11 is 6.33. The second kappa shape index (κ2) is 9.22. The van der Waals surface area contributed by atoms with E-state index in [-0.39, 0.29) is 11.9 Å². The summed E-state index contributed by atoms with van der Waals surface area (Å²) in [7, 11) is 2.13. The molecule has 0 atom stereocenters. The topological polar surface area (TPSA) is 77.2 Å². The number of pyridine rings is 1. The van der Waals surface area contributed by atoms with Gasteiger partial charge in [0.2, 0.25) is 0 Å². The number of carbonyl (C=O) groups is 1. The van der Waals surface area contributed by atoms with E-state index in [2.05, 4.69) is 27.1 Å². The molecule has 35 heavy (non-hydrogen) atoms. The number of aromatic nitrogens is 3. The van der Waals surface area contributed by atoms with Gasteiger partial charge in [0.05, 0.1) is 28.2 Å². The molecule has 180 valence electrons. The molecule has 8 heteroatoms. The van der Waals surface area contributed by atoms with Gasteiger partial charge >= 0.3 is 0 Å². The van der Waals surface area contributed by atoms with Crippen LogP contribution in [0.15, 0.2) is 42.5 Å². The average Bonchev–Trinajstić information content (AvgIpc) is 3.28. The predicted octanol–water partition coefficient (Wildman–Crippen LogP) is 4.15. The molecule has 7 nitrogen and oxygen atoms in total. The molecular weight excluding hydrogens is 460 g/mol. The van der Waals surface area contributed by atoms with Crippen molar-refractivity contribution in [2.45, 2.75) is 38.4 Å². The molecule has 1 amide bonds. The van der Waals surface area contributed by atoms with E-state index in [9.17, 15) is 4.79 Å². The first kappa shape index (κ1) is 22.5. The zero-order chi connectivity index (χ0) is 23.9. The highest BCUT2D eigenvalue weighted by Crippen LogP contribution is 2.29. The van der Waals surface area contributed by atoms with E-state index in [0.717, 1.165) is 83.5 Å². The number of halogens is 1. The van der Waals surface area contributed by atoms with Gasteiger partial charge < -0.3 is 15.2 Å². The number of benzene rings is 2. The summed E-state index contributed by atoms with van der Waals surface area (Å²) in [4.78, 5) is 31.4. The summed E-state index contributed by atoms with van der Waals surface area (Å²) < 4.78 is 0. The summed E-state index contributed by atoms with van der Waals surface area (Å²) in [5.74, 6) is 0.898. The van der Waals surface area contributed by atoms with Crippen molar-refractivity contribution in [1.82, 2.24) is 30.1 Å². The van der Waals surface area contributed by atoms with Crippen LogP contribution >= 0.6 is 11.6 Å². The van der Waals surface area contributed by atoms with E-state index < -0.39 is 0 Å². The Morgan fingerprint density at radius 1 is 1.11 bits per heavy atom. The summed E-state index contributed by atoms with van der Waals surface area (Å²) in [5, 5.41) is 4.92. The lowest BCUT2D eigenvalue weighted by atomic mass is 9.94. The van der Waals surface area contributed by atoms with Crippen LogP contribution in [-0.4, -0.2) is 63.4 Å². The van der Waals surface area contributed by atoms with Gasteiger partial charge in [-0.05, 0) is 51.2 Å². The van der Waals surface area contributed by atoms with Gasteiger partial charge in [0.1, 0.15) is 11.3 Å². The molecule has 2 N–H and O–H groups in total. The maximum atomic E-state index is 13.7. The van der Waals surface area contributed by atoms with Crippen molar-refractivity contribution < 1.29 is 4.79 Å². The fourth-order valence-electron chi connectivity index (χ4n) is 5.39. The Kier molecular flexibility index (Phi) is 5.92. The Hall–Kier alpha value is -3.00. The van der Waals surface area contributed by atoms with Gasteiger partial charge in [0, 0.05) is 42.2 Å².